The SMILES string of the molecule is COc1c(CCc2ccc(NS(C)(=O)=O)cc2)cc(N2C(=O)CNC2=O)cc1C(C)(C)C. The lowest BCUT2D eigenvalue weighted by Gasteiger charge is -2.26. The van der Waals surface area contributed by atoms with Crippen molar-refractivity contribution in [2.75, 3.05) is 29.5 Å². The highest BCUT2D eigenvalue weighted by Gasteiger charge is 2.32. The second-order valence-electron chi connectivity index (χ2n) is 8.89. The van der Waals surface area contributed by atoms with Crippen LogP contribution in [-0.2, 0) is 33.1 Å². The Labute approximate surface area is 189 Å². The van der Waals surface area contributed by atoms with E-state index >= 15 is 0 Å². The first-order valence-electron chi connectivity index (χ1n) is 10.3. The standard InChI is InChI=1S/C23H29N3O5S/c1-23(2,3)19-13-18(26-20(27)14-24-22(26)28)12-16(21(19)31-4)9-6-15-7-10-17(11-8-15)25-32(5,29)30/h7-8,10-13,25H,6,9,14H2,1-5H3,(H,24,28). The van der Waals surface area contributed by atoms with Crippen LogP contribution >= 0.6 is 0 Å². The minimum atomic E-state index is -3.33. The van der Waals surface area contributed by atoms with Gasteiger partial charge in [-0.1, -0.05) is 32.9 Å². The summed E-state index contributed by atoms with van der Waals surface area (Å²) in [5.74, 6) is 0.448. The van der Waals surface area contributed by atoms with Crippen LogP contribution in [0.1, 0.15) is 37.5 Å². The second-order valence-corrected chi connectivity index (χ2v) is 10.6. The van der Waals surface area contributed by atoms with Crippen LogP contribution in [0, 0.1) is 0 Å². The predicted molar refractivity (Wildman–Crippen MR) is 125 cm³/mol. The van der Waals surface area contributed by atoms with E-state index in [-0.39, 0.29) is 17.9 Å². The van der Waals surface area contributed by atoms with Gasteiger partial charge in [0, 0.05) is 11.3 Å². The molecule has 2 N–H and O–H groups in total. The fourth-order valence-corrected chi connectivity index (χ4v) is 4.27. The number of hydrogen-bond acceptors (Lipinski definition) is 5. The van der Waals surface area contributed by atoms with Gasteiger partial charge in [0.2, 0.25) is 10.0 Å². The number of nitrogens with zero attached hydrogens (tertiary/aromatic N) is 1. The van der Waals surface area contributed by atoms with Crippen molar-refractivity contribution in [1.29, 1.82) is 0 Å². The summed E-state index contributed by atoms with van der Waals surface area (Å²) >= 11 is 0. The maximum Gasteiger partial charge on any atom is 0.329 e. The van der Waals surface area contributed by atoms with Crippen LogP contribution < -0.4 is 19.7 Å². The molecule has 0 atom stereocenters. The molecule has 0 saturated carbocycles. The van der Waals surface area contributed by atoms with Crippen LogP contribution in [-0.4, -0.2) is 40.3 Å². The molecule has 2 aromatic carbocycles. The first kappa shape index (κ1) is 23.6. The molecular formula is C23H29N3O5S. The molecule has 3 amide bonds. The lowest BCUT2D eigenvalue weighted by molar-refractivity contribution is -0.115. The van der Waals surface area contributed by atoms with Gasteiger partial charge in [-0.25, -0.2) is 18.1 Å². The fourth-order valence-electron chi connectivity index (χ4n) is 3.70. The van der Waals surface area contributed by atoms with E-state index in [0.29, 0.717) is 24.2 Å². The van der Waals surface area contributed by atoms with E-state index in [9.17, 15) is 18.0 Å². The Hall–Kier alpha value is -3.07. The van der Waals surface area contributed by atoms with Crippen LogP contribution in [0.25, 0.3) is 0 Å². The van der Waals surface area contributed by atoms with Gasteiger partial charge in [-0.2, -0.15) is 0 Å². The van der Waals surface area contributed by atoms with Crippen molar-refractivity contribution < 1.29 is 22.7 Å². The maximum atomic E-state index is 12.3. The Kier molecular flexibility index (Phi) is 6.50. The van der Waals surface area contributed by atoms with Gasteiger partial charge in [0.1, 0.15) is 5.75 Å². The number of sulfonamides is 1. The number of amides is 3. The number of urea groups is 1. The molecule has 0 bridgehead atoms. The molecule has 1 aliphatic heterocycles. The number of imide groups is 1. The molecule has 1 heterocycles. The summed E-state index contributed by atoms with van der Waals surface area (Å²) in [5, 5.41) is 2.56. The number of nitrogens with one attached hydrogen (secondary N) is 2. The highest BCUT2D eigenvalue weighted by atomic mass is 32.2. The van der Waals surface area contributed by atoms with Gasteiger partial charge in [0.05, 0.1) is 25.6 Å². The van der Waals surface area contributed by atoms with Crippen molar-refractivity contribution in [2.24, 2.45) is 0 Å². The average molecular weight is 460 g/mol. The zero-order valence-corrected chi connectivity index (χ0v) is 19.8. The van der Waals surface area contributed by atoms with Gasteiger partial charge < -0.3 is 10.1 Å². The molecule has 0 aliphatic carbocycles. The summed E-state index contributed by atoms with van der Waals surface area (Å²) in [5.41, 5.74) is 3.58. The molecule has 0 radical (unpaired) electrons. The van der Waals surface area contributed by atoms with E-state index in [0.717, 1.165) is 28.7 Å². The summed E-state index contributed by atoms with van der Waals surface area (Å²) in [6, 6.07) is 10.4. The van der Waals surface area contributed by atoms with Crippen molar-refractivity contribution >= 4 is 33.3 Å². The average Bonchev–Trinajstić information content (AvgIpc) is 3.03. The quantitative estimate of drug-likeness (QED) is 0.619. The number of carbonyl (C=O) groups excluding carboxylic acids is 2. The largest absolute Gasteiger partial charge is 0.496 e. The number of benzene rings is 2. The summed E-state index contributed by atoms with van der Waals surface area (Å²) in [6.07, 6.45) is 2.39. The van der Waals surface area contributed by atoms with Gasteiger partial charge >= 0.3 is 6.03 Å². The van der Waals surface area contributed by atoms with Crippen LogP contribution in [0.2, 0.25) is 0 Å². The molecule has 172 valence electrons. The lowest BCUT2D eigenvalue weighted by Crippen LogP contribution is -2.31. The van der Waals surface area contributed by atoms with Crippen molar-refractivity contribution in [3.63, 3.8) is 0 Å². The van der Waals surface area contributed by atoms with Gasteiger partial charge in [0.15, 0.2) is 0 Å². The Morgan fingerprint density at radius 3 is 2.25 bits per heavy atom. The zero-order valence-electron chi connectivity index (χ0n) is 19.0. The van der Waals surface area contributed by atoms with Gasteiger partial charge in [-0.15, -0.1) is 0 Å². The van der Waals surface area contributed by atoms with Crippen LogP contribution in [0.3, 0.4) is 0 Å². The molecule has 0 aromatic heterocycles. The monoisotopic (exact) mass is 459 g/mol. The summed E-state index contributed by atoms with van der Waals surface area (Å²) in [6.45, 7) is 6.15. The van der Waals surface area contributed by atoms with E-state index in [1.165, 1.54) is 4.90 Å². The summed E-state index contributed by atoms with van der Waals surface area (Å²) < 4.78 is 31.0. The minimum absolute atomic E-state index is 0.0150. The lowest BCUT2D eigenvalue weighted by atomic mass is 9.84. The number of anilines is 2. The van der Waals surface area contributed by atoms with Crippen molar-refractivity contribution in [2.45, 2.75) is 39.0 Å². The van der Waals surface area contributed by atoms with E-state index in [4.69, 9.17) is 4.74 Å². The maximum absolute atomic E-state index is 12.3. The number of rotatable bonds is 7. The smallest absolute Gasteiger partial charge is 0.329 e. The minimum Gasteiger partial charge on any atom is -0.496 e. The third-order valence-corrected chi connectivity index (χ3v) is 5.81. The molecule has 1 saturated heterocycles. The van der Waals surface area contributed by atoms with Crippen LogP contribution in [0.4, 0.5) is 16.2 Å². The van der Waals surface area contributed by atoms with Crippen molar-refractivity contribution in [3.8, 4) is 5.75 Å². The van der Waals surface area contributed by atoms with Crippen LogP contribution in [0.5, 0.6) is 5.75 Å². The Bertz CT molecular complexity index is 1120. The number of hydrogen-bond donors (Lipinski definition) is 2. The van der Waals surface area contributed by atoms with Gasteiger partial charge in [0.25, 0.3) is 5.91 Å². The Morgan fingerprint density at radius 2 is 1.75 bits per heavy atom. The second kappa shape index (κ2) is 8.82. The topological polar surface area (TPSA) is 105 Å². The zero-order chi connectivity index (χ0) is 23.7. The number of methoxy groups -OCH3 is 1. The molecule has 9 heteroatoms. The van der Waals surface area contributed by atoms with E-state index in [1.54, 1.807) is 19.2 Å². The molecule has 0 unspecified atom stereocenters. The highest BCUT2D eigenvalue weighted by molar-refractivity contribution is 7.92. The molecule has 1 fully saturated rings. The number of carbonyl (C=O) groups is 2. The first-order valence-corrected chi connectivity index (χ1v) is 12.2. The van der Waals surface area contributed by atoms with E-state index < -0.39 is 16.1 Å². The highest BCUT2D eigenvalue weighted by Crippen LogP contribution is 2.38. The molecule has 32 heavy (non-hydrogen) atoms. The third kappa shape index (κ3) is 5.40. The number of aryl methyl sites for hydroxylation is 2. The van der Waals surface area contributed by atoms with Crippen molar-refractivity contribution in [3.05, 3.63) is 53.1 Å². The predicted octanol–water partition coefficient (Wildman–Crippen LogP) is 3.21. The molecule has 2 aromatic rings. The molecule has 3 rings (SSSR count). The first-order chi connectivity index (χ1) is 14.9. The van der Waals surface area contributed by atoms with Gasteiger partial charge in [-0.3, -0.25) is 9.52 Å². The van der Waals surface area contributed by atoms with Crippen LogP contribution in [0.15, 0.2) is 36.4 Å². The van der Waals surface area contributed by atoms with E-state index in [1.807, 2.05) is 24.3 Å². The van der Waals surface area contributed by atoms with E-state index in [2.05, 4.69) is 30.8 Å². The van der Waals surface area contributed by atoms with Crippen molar-refractivity contribution in [1.82, 2.24) is 5.32 Å². The third-order valence-electron chi connectivity index (χ3n) is 5.20. The Balaban J connectivity index is 1.93. The molecule has 1 aliphatic rings. The Morgan fingerprint density at radius 1 is 1.09 bits per heavy atom. The molecule has 0 spiro atoms. The summed E-state index contributed by atoms with van der Waals surface area (Å²) in [4.78, 5) is 25.7. The molecular weight excluding hydrogens is 430 g/mol. The molecule has 8 nitrogen and oxygen atoms in total. The number of ether oxygens (including phenoxy) is 1. The van der Waals surface area contributed by atoms with Gasteiger partial charge in [-0.05, 0) is 53.6 Å². The normalized spacial score (nSPS) is 14.5. The fraction of sp³-hybridized carbons (Fsp3) is 0.391. The summed E-state index contributed by atoms with van der Waals surface area (Å²) in [7, 11) is -1.71.